The second-order valence-electron chi connectivity index (χ2n) is 5.31. The Morgan fingerprint density at radius 1 is 1.05 bits per heavy atom. The highest BCUT2D eigenvalue weighted by molar-refractivity contribution is 5.35. The highest BCUT2D eigenvalue weighted by atomic mass is 16.5. The summed E-state index contributed by atoms with van der Waals surface area (Å²) in [6.45, 7) is 3.12. The number of benzene rings is 2. The molecule has 0 heterocycles. The summed E-state index contributed by atoms with van der Waals surface area (Å²) in [6, 6.07) is 16.5. The normalized spacial score (nSPS) is 12.4. The van der Waals surface area contributed by atoms with Crippen molar-refractivity contribution in [3.63, 3.8) is 0 Å². The predicted molar refractivity (Wildman–Crippen MR) is 85.2 cm³/mol. The van der Waals surface area contributed by atoms with Gasteiger partial charge in [-0.05, 0) is 31.2 Å². The lowest BCUT2D eigenvalue weighted by Gasteiger charge is -2.26. The van der Waals surface area contributed by atoms with E-state index in [1.807, 2.05) is 30.3 Å². The molecule has 112 valence electrons. The van der Waals surface area contributed by atoms with Gasteiger partial charge in [0.2, 0.25) is 0 Å². The predicted octanol–water partition coefficient (Wildman–Crippen LogP) is 3.38. The van der Waals surface area contributed by atoms with Crippen LogP contribution in [0.3, 0.4) is 0 Å². The molecule has 1 N–H and O–H groups in total. The first-order valence-electron chi connectivity index (χ1n) is 7.17. The molecule has 0 aliphatic rings. The number of methoxy groups -OCH3 is 1. The summed E-state index contributed by atoms with van der Waals surface area (Å²) in [5, 5.41) is 9.08. The van der Waals surface area contributed by atoms with E-state index < -0.39 is 0 Å². The summed E-state index contributed by atoms with van der Waals surface area (Å²) < 4.78 is 5.44. The van der Waals surface area contributed by atoms with Gasteiger partial charge in [-0.15, -0.1) is 0 Å². The van der Waals surface area contributed by atoms with Crippen molar-refractivity contribution >= 4 is 0 Å². The fraction of sp³-hybridized carbons (Fsp3) is 0.333. The van der Waals surface area contributed by atoms with E-state index in [1.54, 1.807) is 7.11 Å². The standard InChI is InChI=1S/C18H23NO2/c1-14(17-6-4-5-7-18(17)21-3)19(2)12-15-8-10-16(13-20)11-9-15/h4-11,14,20H,12-13H2,1-3H3. The van der Waals surface area contributed by atoms with Gasteiger partial charge in [0.05, 0.1) is 13.7 Å². The third kappa shape index (κ3) is 3.84. The summed E-state index contributed by atoms with van der Waals surface area (Å²) in [7, 11) is 3.82. The molecular formula is C18H23NO2. The summed E-state index contributed by atoms with van der Waals surface area (Å²) in [5.41, 5.74) is 3.37. The van der Waals surface area contributed by atoms with Crippen LogP contribution in [0.15, 0.2) is 48.5 Å². The van der Waals surface area contributed by atoms with E-state index in [0.29, 0.717) is 0 Å². The smallest absolute Gasteiger partial charge is 0.123 e. The molecule has 3 nitrogen and oxygen atoms in total. The highest BCUT2D eigenvalue weighted by Gasteiger charge is 2.15. The van der Waals surface area contributed by atoms with Crippen molar-refractivity contribution in [3.8, 4) is 5.75 Å². The van der Waals surface area contributed by atoms with Crippen molar-refractivity contribution in [2.24, 2.45) is 0 Å². The molecule has 2 rings (SSSR count). The van der Waals surface area contributed by atoms with Crippen LogP contribution in [-0.4, -0.2) is 24.2 Å². The van der Waals surface area contributed by atoms with E-state index in [2.05, 4.69) is 37.1 Å². The van der Waals surface area contributed by atoms with E-state index >= 15 is 0 Å². The van der Waals surface area contributed by atoms with Gasteiger partial charge in [0.15, 0.2) is 0 Å². The van der Waals surface area contributed by atoms with Gasteiger partial charge in [-0.25, -0.2) is 0 Å². The lowest BCUT2D eigenvalue weighted by Crippen LogP contribution is -2.22. The monoisotopic (exact) mass is 285 g/mol. The number of aliphatic hydroxyl groups is 1. The average Bonchev–Trinajstić information content (AvgIpc) is 2.54. The maximum atomic E-state index is 9.08. The Bertz CT molecular complexity index is 566. The molecule has 0 radical (unpaired) electrons. The Morgan fingerprint density at radius 3 is 2.29 bits per heavy atom. The van der Waals surface area contributed by atoms with Crippen molar-refractivity contribution in [1.82, 2.24) is 4.90 Å². The lowest BCUT2D eigenvalue weighted by molar-refractivity contribution is 0.247. The number of hydrogen-bond acceptors (Lipinski definition) is 3. The minimum atomic E-state index is 0.0910. The minimum Gasteiger partial charge on any atom is -0.496 e. The molecule has 1 unspecified atom stereocenters. The number of hydrogen-bond donors (Lipinski definition) is 1. The molecule has 0 amide bonds. The number of aliphatic hydroxyl groups excluding tert-OH is 1. The van der Waals surface area contributed by atoms with Crippen molar-refractivity contribution in [2.75, 3.05) is 14.2 Å². The Hall–Kier alpha value is -1.84. The number of ether oxygens (including phenoxy) is 1. The minimum absolute atomic E-state index is 0.0910. The quantitative estimate of drug-likeness (QED) is 0.883. The summed E-state index contributed by atoms with van der Waals surface area (Å²) in [4.78, 5) is 2.28. The second-order valence-corrected chi connectivity index (χ2v) is 5.31. The van der Waals surface area contributed by atoms with Crippen LogP contribution in [0.2, 0.25) is 0 Å². The number of rotatable bonds is 6. The van der Waals surface area contributed by atoms with Crippen LogP contribution in [0.5, 0.6) is 5.75 Å². The topological polar surface area (TPSA) is 32.7 Å². The molecule has 0 saturated carbocycles. The Labute approximate surface area is 126 Å². The van der Waals surface area contributed by atoms with E-state index in [-0.39, 0.29) is 12.6 Å². The molecular weight excluding hydrogens is 262 g/mol. The van der Waals surface area contributed by atoms with Crippen molar-refractivity contribution in [3.05, 3.63) is 65.2 Å². The van der Waals surface area contributed by atoms with Crippen LogP contribution in [0.1, 0.15) is 29.7 Å². The number of para-hydroxylation sites is 1. The molecule has 0 aromatic heterocycles. The third-order valence-electron chi connectivity index (χ3n) is 3.89. The van der Waals surface area contributed by atoms with Crippen LogP contribution in [0, 0.1) is 0 Å². The first-order valence-corrected chi connectivity index (χ1v) is 7.17. The van der Waals surface area contributed by atoms with E-state index in [4.69, 9.17) is 9.84 Å². The summed E-state index contributed by atoms with van der Waals surface area (Å²) in [5.74, 6) is 0.924. The maximum absolute atomic E-state index is 9.08. The van der Waals surface area contributed by atoms with Gasteiger partial charge in [-0.3, -0.25) is 4.90 Å². The second kappa shape index (κ2) is 7.25. The molecule has 2 aromatic carbocycles. The van der Waals surface area contributed by atoms with E-state index in [9.17, 15) is 0 Å². The average molecular weight is 285 g/mol. The van der Waals surface area contributed by atoms with Crippen molar-refractivity contribution in [1.29, 1.82) is 0 Å². The van der Waals surface area contributed by atoms with Gasteiger partial charge in [0, 0.05) is 18.2 Å². The van der Waals surface area contributed by atoms with Crippen molar-refractivity contribution in [2.45, 2.75) is 26.1 Å². The van der Waals surface area contributed by atoms with Crippen molar-refractivity contribution < 1.29 is 9.84 Å². The highest BCUT2D eigenvalue weighted by Crippen LogP contribution is 2.28. The summed E-state index contributed by atoms with van der Waals surface area (Å²) >= 11 is 0. The zero-order chi connectivity index (χ0) is 15.2. The largest absolute Gasteiger partial charge is 0.496 e. The fourth-order valence-corrected chi connectivity index (χ4v) is 2.42. The molecule has 1 atom stereocenters. The van der Waals surface area contributed by atoms with Gasteiger partial charge in [0.25, 0.3) is 0 Å². The Balaban J connectivity index is 2.09. The van der Waals surface area contributed by atoms with Crippen LogP contribution >= 0.6 is 0 Å². The van der Waals surface area contributed by atoms with Crippen LogP contribution in [-0.2, 0) is 13.2 Å². The van der Waals surface area contributed by atoms with Gasteiger partial charge in [-0.2, -0.15) is 0 Å². The molecule has 0 spiro atoms. The molecule has 0 saturated heterocycles. The molecule has 0 fully saturated rings. The third-order valence-corrected chi connectivity index (χ3v) is 3.89. The molecule has 0 aliphatic carbocycles. The van der Waals surface area contributed by atoms with Crippen LogP contribution in [0.25, 0.3) is 0 Å². The van der Waals surface area contributed by atoms with Gasteiger partial charge >= 0.3 is 0 Å². The Kier molecular flexibility index (Phi) is 5.37. The first-order chi connectivity index (χ1) is 10.2. The van der Waals surface area contributed by atoms with Crippen LogP contribution < -0.4 is 4.74 Å². The zero-order valence-electron chi connectivity index (χ0n) is 12.9. The van der Waals surface area contributed by atoms with Gasteiger partial charge in [0.1, 0.15) is 5.75 Å². The lowest BCUT2D eigenvalue weighted by atomic mass is 10.0. The van der Waals surface area contributed by atoms with Crippen LogP contribution in [0.4, 0.5) is 0 Å². The van der Waals surface area contributed by atoms with E-state index in [0.717, 1.165) is 17.9 Å². The molecule has 21 heavy (non-hydrogen) atoms. The van der Waals surface area contributed by atoms with Gasteiger partial charge in [-0.1, -0.05) is 42.5 Å². The molecule has 0 aliphatic heterocycles. The zero-order valence-corrected chi connectivity index (χ0v) is 12.9. The summed E-state index contributed by atoms with van der Waals surface area (Å²) in [6.07, 6.45) is 0. The molecule has 2 aromatic rings. The SMILES string of the molecule is COc1ccccc1C(C)N(C)Cc1ccc(CO)cc1. The number of nitrogens with zero attached hydrogens (tertiary/aromatic N) is 1. The van der Waals surface area contributed by atoms with E-state index in [1.165, 1.54) is 11.1 Å². The first kappa shape index (κ1) is 15.5. The molecule has 0 bridgehead atoms. The van der Waals surface area contributed by atoms with Gasteiger partial charge < -0.3 is 9.84 Å². The molecule has 3 heteroatoms. The fourth-order valence-electron chi connectivity index (χ4n) is 2.42. The Morgan fingerprint density at radius 2 is 1.67 bits per heavy atom. The maximum Gasteiger partial charge on any atom is 0.123 e.